The first-order valence-corrected chi connectivity index (χ1v) is 13.2. The normalized spacial score (nSPS) is 14.9. The predicted octanol–water partition coefficient (Wildman–Crippen LogP) is 4.16. The largest absolute Gasteiger partial charge is 0.472 e. The molecule has 0 aliphatic rings. The Balaban J connectivity index is 4.63. The number of ether oxygens (including phenoxy) is 1. The zero-order valence-electron chi connectivity index (χ0n) is 19.3. The molecule has 0 bridgehead atoms. The highest BCUT2D eigenvalue weighted by atomic mass is 32.2. The van der Waals surface area contributed by atoms with E-state index >= 15 is 0 Å². The summed E-state index contributed by atoms with van der Waals surface area (Å²) in [6.45, 7) is 4.40. The van der Waals surface area contributed by atoms with E-state index in [0.717, 1.165) is 50.3 Å². The fraction of sp³-hybridized carbons (Fsp3) is 0.900. The maximum absolute atomic E-state index is 12.1. The van der Waals surface area contributed by atoms with Gasteiger partial charge in [-0.15, -0.1) is 0 Å². The van der Waals surface area contributed by atoms with Crippen LogP contribution in [0.25, 0.3) is 0 Å². The monoisotopic (exact) mass is 470 g/mol. The lowest BCUT2D eigenvalue weighted by Crippen LogP contribution is -2.37. The Bertz CT molecular complexity index is 540. The molecule has 30 heavy (non-hydrogen) atoms. The quantitative estimate of drug-likeness (QED) is 0.138. The summed E-state index contributed by atoms with van der Waals surface area (Å²) in [6.07, 6.45) is 5.42. The zero-order valence-corrected chi connectivity index (χ0v) is 21.0. The van der Waals surface area contributed by atoms with E-state index < -0.39 is 19.9 Å². The molecule has 0 aromatic carbocycles. The molecule has 2 atom stereocenters. The van der Waals surface area contributed by atoms with Crippen LogP contribution >= 0.6 is 19.6 Å². The molecule has 0 radical (unpaired) electrons. The van der Waals surface area contributed by atoms with Crippen LogP contribution in [0.4, 0.5) is 0 Å². The topological polar surface area (TPSA) is 99.1 Å². The van der Waals surface area contributed by atoms with E-state index in [-0.39, 0.29) is 30.5 Å². The van der Waals surface area contributed by atoms with E-state index in [0.29, 0.717) is 17.4 Å². The van der Waals surface area contributed by atoms with Crippen LogP contribution in [0.1, 0.15) is 65.2 Å². The van der Waals surface area contributed by atoms with E-state index in [4.69, 9.17) is 13.8 Å². The molecule has 10 heteroatoms. The molecule has 0 fully saturated rings. The lowest BCUT2D eigenvalue weighted by molar-refractivity contribution is -0.870. The Hall–Kier alpha value is -0.440. The molecule has 0 spiro atoms. The number of quaternary nitrogens is 1. The van der Waals surface area contributed by atoms with Gasteiger partial charge in [0.15, 0.2) is 5.12 Å². The number of hydrogen-bond donors (Lipinski definition) is 1. The highest BCUT2D eigenvalue weighted by molar-refractivity contribution is 8.13. The molecule has 1 N–H and O–H groups in total. The van der Waals surface area contributed by atoms with Gasteiger partial charge in [0.05, 0.1) is 27.7 Å². The lowest BCUT2D eigenvalue weighted by Gasteiger charge is -2.24. The number of phosphoric acid groups is 1. The van der Waals surface area contributed by atoms with Gasteiger partial charge in [-0.05, 0) is 12.8 Å². The second-order valence-electron chi connectivity index (χ2n) is 8.32. The minimum absolute atomic E-state index is 0.0156. The lowest BCUT2D eigenvalue weighted by atomic mass is 10.2. The highest BCUT2D eigenvalue weighted by Gasteiger charge is 2.26. The summed E-state index contributed by atoms with van der Waals surface area (Å²) in [5.41, 5.74) is 0. The van der Waals surface area contributed by atoms with Crippen molar-refractivity contribution in [3.8, 4) is 0 Å². The molecule has 0 heterocycles. The molecule has 2 unspecified atom stereocenters. The van der Waals surface area contributed by atoms with Crippen molar-refractivity contribution < 1.29 is 37.3 Å². The maximum atomic E-state index is 12.1. The minimum atomic E-state index is -4.27. The number of carbonyl (C=O) groups is 2. The molecule has 178 valence electrons. The third-order valence-electron chi connectivity index (χ3n) is 4.14. The summed E-state index contributed by atoms with van der Waals surface area (Å²) in [6, 6.07) is 0. The standard InChI is InChI=1S/C20H40NO7PS/c1-6-8-10-12-19(22)28-18(17-30-20(23)13-11-9-7-2)16-27-29(24,25)26-15-14-21(3,4)5/h18H,6-17H2,1-5H3/p+1. The van der Waals surface area contributed by atoms with Crippen molar-refractivity contribution in [2.24, 2.45) is 0 Å². The Kier molecular flexibility index (Phi) is 16.0. The molecule has 0 saturated carbocycles. The third kappa shape index (κ3) is 18.3. The van der Waals surface area contributed by atoms with Gasteiger partial charge in [-0.3, -0.25) is 18.6 Å². The highest BCUT2D eigenvalue weighted by Crippen LogP contribution is 2.43. The first kappa shape index (κ1) is 29.6. The molecule has 0 aromatic heterocycles. The van der Waals surface area contributed by atoms with Crippen LogP contribution in [-0.4, -0.2) is 73.2 Å². The van der Waals surface area contributed by atoms with Gasteiger partial charge < -0.3 is 14.1 Å². The van der Waals surface area contributed by atoms with Gasteiger partial charge in [-0.1, -0.05) is 51.3 Å². The Morgan fingerprint density at radius 1 is 1.00 bits per heavy atom. The average Bonchev–Trinajstić information content (AvgIpc) is 2.63. The molecule has 0 amide bonds. The zero-order chi connectivity index (χ0) is 23.0. The number of nitrogens with zero attached hydrogens (tertiary/aromatic N) is 1. The number of rotatable bonds is 18. The van der Waals surface area contributed by atoms with Crippen LogP contribution in [0.2, 0.25) is 0 Å². The van der Waals surface area contributed by atoms with Gasteiger partial charge in [0.1, 0.15) is 19.3 Å². The fourth-order valence-corrected chi connectivity index (χ4v) is 3.87. The van der Waals surface area contributed by atoms with E-state index in [1.165, 1.54) is 0 Å². The summed E-state index contributed by atoms with van der Waals surface area (Å²) in [4.78, 5) is 33.9. The van der Waals surface area contributed by atoms with Crippen LogP contribution in [0.5, 0.6) is 0 Å². The molecular weight excluding hydrogens is 429 g/mol. The molecular formula is C20H41NO7PS+. The van der Waals surface area contributed by atoms with Gasteiger partial charge in [0, 0.05) is 18.6 Å². The molecule has 0 rings (SSSR count). The van der Waals surface area contributed by atoms with E-state index in [2.05, 4.69) is 6.92 Å². The number of thioether (sulfide) groups is 1. The number of hydrogen-bond acceptors (Lipinski definition) is 7. The third-order valence-corrected chi connectivity index (χ3v) is 6.19. The number of carbonyl (C=O) groups excluding carboxylic acids is 2. The summed E-state index contributed by atoms with van der Waals surface area (Å²) >= 11 is 1.07. The van der Waals surface area contributed by atoms with E-state index in [1.807, 2.05) is 28.1 Å². The molecule has 0 aliphatic carbocycles. The van der Waals surface area contributed by atoms with Crippen molar-refractivity contribution in [2.45, 2.75) is 71.3 Å². The number of esters is 1. The van der Waals surface area contributed by atoms with Gasteiger partial charge in [0.25, 0.3) is 0 Å². The van der Waals surface area contributed by atoms with Crippen LogP contribution < -0.4 is 0 Å². The second-order valence-corrected chi connectivity index (χ2v) is 10.9. The summed E-state index contributed by atoms with van der Waals surface area (Å²) in [5, 5.41) is 0.0156. The Labute approximate surface area is 186 Å². The minimum Gasteiger partial charge on any atom is -0.459 e. The van der Waals surface area contributed by atoms with Gasteiger partial charge in [0.2, 0.25) is 0 Å². The number of likely N-dealkylation sites (N-methyl/N-ethyl adjacent to an activating group) is 1. The van der Waals surface area contributed by atoms with E-state index in [1.54, 1.807) is 0 Å². The van der Waals surface area contributed by atoms with Crippen molar-refractivity contribution in [1.29, 1.82) is 0 Å². The first-order valence-electron chi connectivity index (χ1n) is 10.8. The number of phosphoric ester groups is 1. The molecule has 8 nitrogen and oxygen atoms in total. The van der Waals surface area contributed by atoms with Crippen molar-refractivity contribution >= 4 is 30.7 Å². The smallest absolute Gasteiger partial charge is 0.459 e. The maximum Gasteiger partial charge on any atom is 0.472 e. The van der Waals surface area contributed by atoms with Gasteiger partial charge >= 0.3 is 13.8 Å². The van der Waals surface area contributed by atoms with Crippen LogP contribution in [0.15, 0.2) is 0 Å². The van der Waals surface area contributed by atoms with Crippen LogP contribution in [-0.2, 0) is 27.9 Å². The van der Waals surface area contributed by atoms with E-state index in [9.17, 15) is 19.0 Å². The van der Waals surface area contributed by atoms with Crippen molar-refractivity contribution in [3.05, 3.63) is 0 Å². The molecule has 0 aromatic rings. The van der Waals surface area contributed by atoms with Crippen molar-refractivity contribution in [1.82, 2.24) is 0 Å². The average molecular weight is 471 g/mol. The van der Waals surface area contributed by atoms with Crippen LogP contribution in [0.3, 0.4) is 0 Å². The molecule has 0 saturated heterocycles. The fourth-order valence-electron chi connectivity index (χ4n) is 2.30. The SMILES string of the molecule is CCCCCC(=O)OC(COP(=O)(O)OCC[N+](C)(C)C)CSC(=O)CCCCC. The Morgan fingerprint density at radius 3 is 2.17 bits per heavy atom. The number of unbranched alkanes of at least 4 members (excludes halogenated alkanes) is 4. The van der Waals surface area contributed by atoms with Crippen molar-refractivity contribution in [2.75, 3.05) is 46.7 Å². The first-order chi connectivity index (χ1) is 14.0. The van der Waals surface area contributed by atoms with Gasteiger partial charge in [-0.2, -0.15) is 0 Å². The molecule has 0 aliphatic heterocycles. The summed E-state index contributed by atoms with van der Waals surface area (Å²) in [5.74, 6) is -0.210. The van der Waals surface area contributed by atoms with Crippen LogP contribution in [0, 0.1) is 0 Å². The van der Waals surface area contributed by atoms with Crippen molar-refractivity contribution in [3.63, 3.8) is 0 Å². The second kappa shape index (κ2) is 16.2. The summed E-state index contributed by atoms with van der Waals surface area (Å²) < 4.78 is 28.1. The predicted molar refractivity (Wildman–Crippen MR) is 120 cm³/mol. The Morgan fingerprint density at radius 2 is 1.60 bits per heavy atom. The summed E-state index contributed by atoms with van der Waals surface area (Å²) in [7, 11) is 1.55. The van der Waals surface area contributed by atoms with Gasteiger partial charge in [-0.25, -0.2) is 4.57 Å².